The second-order valence-corrected chi connectivity index (χ2v) is 6.24. The van der Waals surface area contributed by atoms with E-state index in [2.05, 4.69) is 56.4 Å². The van der Waals surface area contributed by atoms with Crippen molar-refractivity contribution >= 4 is 0 Å². The third-order valence-corrected chi connectivity index (χ3v) is 4.31. The Morgan fingerprint density at radius 2 is 1.75 bits per heavy atom. The van der Waals surface area contributed by atoms with Gasteiger partial charge in [0.15, 0.2) is 0 Å². The van der Waals surface area contributed by atoms with Crippen LogP contribution in [0, 0.1) is 0 Å². The summed E-state index contributed by atoms with van der Waals surface area (Å²) in [6.07, 6.45) is 8.97. The van der Waals surface area contributed by atoms with Gasteiger partial charge in [0.25, 0.3) is 0 Å². The number of hydrogen-bond acceptors (Lipinski definition) is 1. The zero-order chi connectivity index (χ0) is 14.4. The first-order valence-electron chi connectivity index (χ1n) is 8.22. The van der Waals surface area contributed by atoms with Gasteiger partial charge in [-0.25, -0.2) is 0 Å². The molecular weight excluding hydrogens is 242 g/mol. The quantitative estimate of drug-likeness (QED) is 0.688. The van der Waals surface area contributed by atoms with Crippen molar-refractivity contribution in [2.45, 2.75) is 64.8 Å². The van der Waals surface area contributed by atoms with Gasteiger partial charge in [-0.2, -0.15) is 0 Å². The van der Waals surface area contributed by atoms with Crippen LogP contribution >= 0.6 is 0 Å². The molecule has 1 atom stereocenters. The van der Waals surface area contributed by atoms with E-state index in [1.165, 1.54) is 43.2 Å². The molecule has 1 aromatic rings. The van der Waals surface area contributed by atoms with E-state index in [0.717, 1.165) is 6.54 Å². The maximum atomic E-state index is 3.65. The highest BCUT2D eigenvalue weighted by molar-refractivity contribution is 5.28. The Balaban J connectivity index is 2.08. The molecule has 2 rings (SSSR count). The number of rotatable bonds is 6. The zero-order valence-corrected chi connectivity index (χ0v) is 13.3. The Morgan fingerprint density at radius 1 is 1.05 bits per heavy atom. The fraction of sp³-hybridized carbons (Fsp3) is 0.579. The predicted molar refractivity (Wildman–Crippen MR) is 88.1 cm³/mol. The molecule has 0 bridgehead atoms. The van der Waals surface area contributed by atoms with Crippen LogP contribution in [0.4, 0.5) is 0 Å². The lowest BCUT2D eigenvalue weighted by Gasteiger charge is -2.22. The molecule has 0 heterocycles. The van der Waals surface area contributed by atoms with Crippen molar-refractivity contribution in [2.24, 2.45) is 0 Å². The van der Waals surface area contributed by atoms with Crippen LogP contribution in [-0.4, -0.2) is 6.54 Å². The van der Waals surface area contributed by atoms with Crippen molar-refractivity contribution in [3.8, 4) is 0 Å². The van der Waals surface area contributed by atoms with Gasteiger partial charge in [0, 0.05) is 6.04 Å². The Bertz CT molecular complexity index is 428. The maximum absolute atomic E-state index is 3.65. The second-order valence-electron chi connectivity index (χ2n) is 6.24. The minimum atomic E-state index is 0.477. The van der Waals surface area contributed by atoms with Gasteiger partial charge < -0.3 is 5.32 Å². The van der Waals surface area contributed by atoms with Gasteiger partial charge in [-0.1, -0.05) is 56.7 Å². The van der Waals surface area contributed by atoms with Crippen LogP contribution in [0.25, 0.3) is 0 Å². The van der Waals surface area contributed by atoms with Crippen molar-refractivity contribution < 1.29 is 0 Å². The summed E-state index contributed by atoms with van der Waals surface area (Å²) in [7, 11) is 0. The fourth-order valence-electron chi connectivity index (χ4n) is 3.02. The molecule has 20 heavy (non-hydrogen) atoms. The average Bonchev–Trinajstić information content (AvgIpc) is 2.48. The molecule has 0 saturated carbocycles. The normalized spacial score (nSPS) is 17.1. The van der Waals surface area contributed by atoms with Crippen LogP contribution in [0.2, 0.25) is 0 Å². The minimum absolute atomic E-state index is 0.477. The molecule has 1 unspecified atom stereocenters. The number of allylic oxidation sites excluding steroid dienone is 1. The minimum Gasteiger partial charge on any atom is -0.310 e. The zero-order valence-electron chi connectivity index (χ0n) is 13.3. The van der Waals surface area contributed by atoms with E-state index in [-0.39, 0.29) is 0 Å². The van der Waals surface area contributed by atoms with E-state index in [4.69, 9.17) is 0 Å². The summed E-state index contributed by atoms with van der Waals surface area (Å²) in [4.78, 5) is 0. The largest absolute Gasteiger partial charge is 0.310 e. The van der Waals surface area contributed by atoms with E-state index in [1.54, 1.807) is 5.57 Å². The van der Waals surface area contributed by atoms with E-state index in [0.29, 0.717) is 12.0 Å². The number of hydrogen-bond donors (Lipinski definition) is 1. The highest BCUT2D eigenvalue weighted by atomic mass is 14.9. The number of benzene rings is 1. The average molecular weight is 271 g/mol. The summed E-state index contributed by atoms with van der Waals surface area (Å²) in [5.74, 6) is 0.614. The molecule has 0 fully saturated rings. The SMILES string of the molecule is CCNC(CC1=CCCCC1)c1ccc(C(C)C)cc1. The molecule has 1 aliphatic rings. The summed E-state index contributed by atoms with van der Waals surface area (Å²) in [6, 6.07) is 9.68. The molecule has 0 aliphatic heterocycles. The molecule has 1 aliphatic carbocycles. The summed E-state index contributed by atoms with van der Waals surface area (Å²) in [5, 5.41) is 3.65. The van der Waals surface area contributed by atoms with Crippen molar-refractivity contribution in [2.75, 3.05) is 6.54 Å². The molecule has 0 radical (unpaired) electrons. The Kier molecular flexibility index (Phi) is 5.85. The smallest absolute Gasteiger partial charge is 0.0357 e. The van der Waals surface area contributed by atoms with Crippen LogP contribution in [-0.2, 0) is 0 Å². The summed E-state index contributed by atoms with van der Waals surface area (Å²) in [6.45, 7) is 7.74. The summed E-state index contributed by atoms with van der Waals surface area (Å²) < 4.78 is 0. The predicted octanol–water partition coefficient (Wildman–Crippen LogP) is 5.35. The summed E-state index contributed by atoms with van der Waals surface area (Å²) in [5.41, 5.74) is 4.51. The van der Waals surface area contributed by atoms with Crippen molar-refractivity contribution in [3.63, 3.8) is 0 Å². The van der Waals surface area contributed by atoms with E-state index in [1.807, 2.05) is 0 Å². The van der Waals surface area contributed by atoms with Gasteiger partial charge in [-0.15, -0.1) is 0 Å². The lowest BCUT2D eigenvalue weighted by Crippen LogP contribution is -2.21. The van der Waals surface area contributed by atoms with Gasteiger partial charge in [-0.05, 0) is 55.7 Å². The molecule has 0 amide bonds. The van der Waals surface area contributed by atoms with Crippen molar-refractivity contribution in [1.29, 1.82) is 0 Å². The lowest BCUT2D eigenvalue weighted by molar-refractivity contribution is 0.527. The monoisotopic (exact) mass is 271 g/mol. The van der Waals surface area contributed by atoms with Gasteiger partial charge in [0.05, 0.1) is 0 Å². The first kappa shape index (κ1) is 15.3. The highest BCUT2D eigenvalue weighted by Gasteiger charge is 2.14. The third-order valence-electron chi connectivity index (χ3n) is 4.31. The van der Waals surface area contributed by atoms with Crippen LogP contribution in [0.5, 0.6) is 0 Å². The molecule has 1 aromatic carbocycles. The Morgan fingerprint density at radius 3 is 2.30 bits per heavy atom. The Hall–Kier alpha value is -1.08. The molecule has 0 aromatic heterocycles. The standard InChI is InChI=1S/C19H29N/c1-4-20-19(14-16-8-6-5-7-9-16)18-12-10-17(11-13-18)15(2)3/h8,10-13,15,19-20H,4-7,9,14H2,1-3H3. The number of nitrogens with one attached hydrogen (secondary N) is 1. The fourth-order valence-corrected chi connectivity index (χ4v) is 3.02. The molecule has 1 N–H and O–H groups in total. The topological polar surface area (TPSA) is 12.0 Å². The van der Waals surface area contributed by atoms with E-state index >= 15 is 0 Å². The van der Waals surface area contributed by atoms with Crippen LogP contribution in [0.1, 0.15) is 76.0 Å². The third kappa shape index (κ3) is 4.21. The maximum Gasteiger partial charge on any atom is 0.0357 e. The van der Waals surface area contributed by atoms with Crippen LogP contribution in [0.15, 0.2) is 35.9 Å². The molecule has 1 heteroatoms. The van der Waals surface area contributed by atoms with Crippen molar-refractivity contribution in [3.05, 3.63) is 47.0 Å². The highest BCUT2D eigenvalue weighted by Crippen LogP contribution is 2.28. The van der Waals surface area contributed by atoms with Gasteiger partial charge >= 0.3 is 0 Å². The molecule has 1 nitrogen and oxygen atoms in total. The van der Waals surface area contributed by atoms with Gasteiger partial charge in [0.2, 0.25) is 0 Å². The molecule has 0 spiro atoms. The second kappa shape index (κ2) is 7.64. The van der Waals surface area contributed by atoms with Crippen molar-refractivity contribution in [1.82, 2.24) is 5.32 Å². The molecule has 110 valence electrons. The first-order valence-corrected chi connectivity index (χ1v) is 8.22. The van der Waals surface area contributed by atoms with E-state index < -0.39 is 0 Å². The van der Waals surface area contributed by atoms with Gasteiger partial charge in [0.1, 0.15) is 0 Å². The Labute approximate surface area is 124 Å². The van der Waals surface area contributed by atoms with E-state index in [9.17, 15) is 0 Å². The molecular formula is C19H29N. The molecule has 0 saturated heterocycles. The first-order chi connectivity index (χ1) is 9.70. The lowest BCUT2D eigenvalue weighted by atomic mass is 9.90. The summed E-state index contributed by atoms with van der Waals surface area (Å²) >= 11 is 0. The van der Waals surface area contributed by atoms with Gasteiger partial charge in [-0.3, -0.25) is 0 Å². The van der Waals surface area contributed by atoms with Crippen LogP contribution < -0.4 is 5.32 Å². The van der Waals surface area contributed by atoms with Crippen LogP contribution in [0.3, 0.4) is 0 Å².